The number of sulfonamides is 1. The van der Waals surface area contributed by atoms with E-state index in [-0.39, 0.29) is 16.7 Å². The van der Waals surface area contributed by atoms with Crippen molar-refractivity contribution >= 4 is 27.7 Å². The van der Waals surface area contributed by atoms with Gasteiger partial charge in [-0.3, -0.25) is 0 Å². The average molecular weight is 265 g/mol. The van der Waals surface area contributed by atoms with Crippen LogP contribution in [-0.4, -0.2) is 41.4 Å². The first-order valence-electron chi connectivity index (χ1n) is 4.42. The SMILES string of the molecule is Cn1cnc(S(=O)(=O)N2CCNC2=O)c1Cl. The van der Waals surface area contributed by atoms with Gasteiger partial charge < -0.3 is 9.88 Å². The van der Waals surface area contributed by atoms with Crippen LogP contribution in [0.2, 0.25) is 5.15 Å². The number of imidazole rings is 1. The van der Waals surface area contributed by atoms with Crippen LogP contribution >= 0.6 is 11.6 Å². The topological polar surface area (TPSA) is 84.3 Å². The molecule has 2 amide bonds. The van der Waals surface area contributed by atoms with Gasteiger partial charge in [0.2, 0.25) is 5.03 Å². The third-order valence-corrected chi connectivity index (χ3v) is 4.46. The Morgan fingerprint density at radius 1 is 1.56 bits per heavy atom. The fourth-order valence-electron chi connectivity index (χ4n) is 1.35. The monoisotopic (exact) mass is 264 g/mol. The lowest BCUT2D eigenvalue weighted by Gasteiger charge is -2.12. The van der Waals surface area contributed by atoms with Gasteiger partial charge in [0.05, 0.1) is 12.9 Å². The average Bonchev–Trinajstić information content (AvgIpc) is 2.76. The summed E-state index contributed by atoms with van der Waals surface area (Å²) in [5.41, 5.74) is 0. The summed E-state index contributed by atoms with van der Waals surface area (Å²) in [4.78, 5) is 15.0. The van der Waals surface area contributed by atoms with Crippen molar-refractivity contribution in [3.05, 3.63) is 11.5 Å². The van der Waals surface area contributed by atoms with E-state index >= 15 is 0 Å². The van der Waals surface area contributed by atoms with Crippen LogP contribution < -0.4 is 5.32 Å². The summed E-state index contributed by atoms with van der Waals surface area (Å²) in [5.74, 6) is 0. The molecule has 1 aliphatic rings. The zero-order valence-electron chi connectivity index (χ0n) is 8.34. The summed E-state index contributed by atoms with van der Waals surface area (Å²) in [6.07, 6.45) is 1.28. The Kier molecular flexibility index (Phi) is 2.55. The molecule has 0 bridgehead atoms. The van der Waals surface area contributed by atoms with E-state index < -0.39 is 16.1 Å². The van der Waals surface area contributed by atoms with E-state index in [0.717, 1.165) is 4.31 Å². The lowest BCUT2D eigenvalue weighted by Crippen LogP contribution is -2.34. The number of nitrogens with one attached hydrogen (secondary N) is 1. The maximum atomic E-state index is 12.0. The molecule has 1 aliphatic heterocycles. The van der Waals surface area contributed by atoms with Crippen LogP contribution in [-0.2, 0) is 17.1 Å². The van der Waals surface area contributed by atoms with Gasteiger partial charge in [0.15, 0.2) is 0 Å². The van der Waals surface area contributed by atoms with E-state index in [1.807, 2.05) is 0 Å². The number of aromatic nitrogens is 2. The van der Waals surface area contributed by atoms with Crippen LogP contribution in [0.3, 0.4) is 0 Å². The van der Waals surface area contributed by atoms with Crippen molar-refractivity contribution in [3.63, 3.8) is 0 Å². The molecule has 0 aliphatic carbocycles. The molecule has 9 heteroatoms. The Morgan fingerprint density at radius 3 is 2.69 bits per heavy atom. The van der Waals surface area contributed by atoms with Crippen LogP contribution in [0, 0.1) is 0 Å². The maximum Gasteiger partial charge on any atom is 0.331 e. The number of nitrogens with zero attached hydrogens (tertiary/aromatic N) is 3. The molecule has 1 N–H and O–H groups in total. The van der Waals surface area contributed by atoms with Gasteiger partial charge in [-0.25, -0.2) is 14.1 Å². The van der Waals surface area contributed by atoms with Crippen LogP contribution in [0.5, 0.6) is 0 Å². The third-order valence-electron chi connectivity index (χ3n) is 2.19. The van der Waals surface area contributed by atoms with Gasteiger partial charge in [-0.05, 0) is 0 Å². The minimum atomic E-state index is -3.94. The smallest absolute Gasteiger partial charge is 0.331 e. The standard InChI is InChI=1S/C7H9ClN4O3S/c1-11-4-10-6(5(11)8)16(14,15)12-3-2-9-7(12)13/h4H,2-3H2,1H3,(H,9,13). The van der Waals surface area contributed by atoms with Crippen LogP contribution in [0.25, 0.3) is 0 Å². The molecule has 0 unspecified atom stereocenters. The number of rotatable bonds is 2. The lowest BCUT2D eigenvalue weighted by molar-refractivity contribution is 0.235. The molecule has 2 heterocycles. The van der Waals surface area contributed by atoms with Crippen molar-refractivity contribution in [2.24, 2.45) is 7.05 Å². The highest BCUT2D eigenvalue weighted by Crippen LogP contribution is 2.23. The van der Waals surface area contributed by atoms with Gasteiger partial charge in [-0.1, -0.05) is 11.6 Å². The molecule has 88 valence electrons. The number of amides is 2. The van der Waals surface area contributed by atoms with Crippen molar-refractivity contribution in [1.29, 1.82) is 0 Å². The van der Waals surface area contributed by atoms with Crippen molar-refractivity contribution in [2.45, 2.75) is 5.03 Å². The summed E-state index contributed by atoms with van der Waals surface area (Å²) in [7, 11) is -2.37. The number of carbonyl (C=O) groups is 1. The number of carbonyl (C=O) groups excluding carboxylic acids is 1. The van der Waals surface area contributed by atoms with Gasteiger partial charge in [0.1, 0.15) is 5.15 Å². The van der Waals surface area contributed by atoms with E-state index in [9.17, 15) is 13.2 Å². The summed E-state index contributed by atoms with van der Waals surface area (Å²) >= 11 is 5.78. The van der Waals surface area contributed by atoms with E-state index in [1.54, 1.807) is 7.05 Å². The predicted molar refractivity (Wildman–Crippen MR) is 55.5 cm³/mol. The first kappa shape index (κ1) is 11.2. The molecular formula is C7H9ClN4O3S. The largest absolute Gasteiger partial charge is 0.335 e. The molecule has 1 saturated heterocycles. The van der Waals surface area contributed by atoms with Crippen LogP contribution in [0.4, 0.5) is 4.79 Å². The minimum Gasteiger partial charge on any atom is -0.335 e. The number of urea groups is 1. The molecule has 2 rings (SSSR count). The van der Waals surface area contributed by atoms with Gasteiger partial charge in [0, 0.05) is 13.6 Å². The highest BCUT2D eigenvalue weighted by Gasteiger charge is 2.36. The lowest BCUT2D eigenvalue weighted by atomic mass is 10.7. The molecule has 0 radical (unpaired) electrons. The summed E-state index contributed by atoms with van der Waals surface area (Å²) in [6, 6.07) is -0.651. The second-order valence-electron chi connectivity index (χ2n) is 3.26. The Balaban J connectivity index is 2.47. The van der Waals surface area contributed by atoms with Crippen molar-refractivity contribution in [1.82, 2.24) is 19.2 Å². The fourth-order valence-corrected chi connectivity index (χ4v) is 3.10. The predicted octanol–water partition coefficient (Wildman–Crippen LogP) is -0.213. The second-order valence-corrected chi connectivity index (χ2v) is 5.40. The second kappa shape index (κ2) is 3.63. The number of hydrogen-bond donors (Lipinski definition) is 1. The van der Waals surface area contributed by atoms with Crippen molar-refractivity contribution in [2.75, 3.05) is 13.1 Å². The molecular weight excluding hydrogens is 256 g/mol. The number of hydrogen-bond acceptors (Lipinski definition) is 4. The molecule has 0 spiro atoms. The first-order valence-corrected chi connectivity index (χ1v) is 6.24. The molecule has 7 nitrogen and oxygen atoms in total. The minimum absolute atomic E-state index is 0.0142. The van der Waals surface area contributed by atoms with E-state index in [0.29, 0.717) is 6.54 Å². The number of halogens is 1. The molecule has 1 aromatic heterocycles. The number of aryl methyl sites for hydroxylation is 1. The molecule has 0 aromatic carbocycles. The Labute approximate surface area is 97.1 Å². The molecule has 0 atom stereocenters. The molecule has 1 aromatic rings. The van der Waals surface area contributed by atoms with E-state index in [1.165, 1.54) is 10.9 Å². The van der Waals surface area contributed by atoms with Crippen LogP contribution in [0.15, 0.2) is 11.4 Å². The Bertz CT molecular complexity index is 538. The summed E-state index contributed by atoms with van der Waals surface area (Å²) < 4.78 is 26.1. The molecule has 1 fully saturated rings. The molecule has 0 saturated carbocycles. The first-order chi connectivity index (χ1) is 7.44. The molecule has 16 heavy (non-hydrogen) atoms. The van der Waals surface area contributed by atoms with Crippen molar-refractivity contribution < 1.29 is 13.2 Å². The van der Waals surface area contributed by atoms with E-state index in [2.05, 4.69) is 10.3 Å². The Hall–Kier alpha value is -1.28. The highest BCUT2D eigenvalue weighted by molar-refractivity contribution is 7.89. The van der Waals surface area contributed by atoms with Gasteiger partial charge in [-0.2, -0.15) is 8.42 Å². The Morgan fingerprint density at radius 2 is 2.25 bits per heavy atom. The normalized spacial score (nSPS) is 16.6. The zero-order chi connectivity index (χ0) is 11.9. The van der Waals surface area contributed by atoms with Gasteiger partial charge in [-0.15, -0.1) is 0 Å². The van der Waals surface area contributed by atoms with Gasteiger partial charge >= 0.3 is 6.03 Å². The maximum absolute atomic E-state index is 12.0. The van der Waals surface area contributed by atoms with Gasteiger partial charge in [0.25, 0.3) is 10.0 Å². The third kappa shape index (κ3) is 1.54. The van der Waals surface area contributed by atoms with E-state index in [4.69, 9.17) is 11.6 Å². The zero-order valence-corrected chi connectivity index (χ0v) is 9.92. The van der Waals surface area contributed by atoms with Crippen molar-refractivity contribution in [3.8, 4) is 0 Å². The highest BCUT2D eigenvalue weighted by atomic mass is 35.5. The fraction of sp³-hybridized carbons (Fsp3) is 0.429. The van der Waals surface area contributed by atoms with Crippen LogP contribution in [0.1, 0.15) is 0 Å². The summed E-state index contributed by atoms with van der Waals surface area (Å²) in [5, 5.41) is 2.09. The quantitative estimate of drug-likeness (QED) is 0.801. The summed E-state index contributed by atoms with van der Waals surface area (Å²) in [6.45, 7) is 0.386.